The number of carbonyl (C=O) groups excluding carboxylic acids is 2. The van der Waals surface area contributed by atoms with E-state index in [9.17, 15) is 9.59 Å². The minimum atomic E-state index is -0.526. The summed E-state index contributed by atoms with van der Waals surface area (Å²) in [7, 11) is 1.97. The van der Waals surface area contributed by atoms with E-state index < -0.39 is 5.54 Å². The summed E-state index contributed by atoms with van der Waals surface area (Å²) in [6.45, 7) is 11.0. The smallest absolute Gasteiger partial charge is 0.305 e. The molecule has 1 fully saturated rings. The summed E-state index contributed by atoms with van der Waals surface area (Å²) >= 11 is 0. The summed E-state index contributed by atoms with van der Waals surface area (Å²) < 4.78 is 5.42. The van der Waals surface area contributed by atoms with Crippen LogP contribution in [0.4, 0.5) is 0 Å². The highest BCUT2D eigenvalue weighted by Gasteiger charge is 2.54. The van der Waals surface area contributed by atoms with Crippen molar-refractivity contribution in [3.63, 3.8) is 0 Å². The Morgan fingerprint density at radius 1 is 0.758 bits per heavy atom. The van der Waals surface area contributed by atoms with Crippen LogP contribution in [0.2, 0.25) is 0 Å². The second-order valence-electron chi connectivity index (χ2n) is 11.0. The van der Waals surface area contributed by atoms with Crippen LogP contribution < -0.4 is 0 Å². The predicted octanol–water partition coefficient (Wildman–Crippen LogP) is 7.08. The lowest BCUT2D eigenvalue weighted by Crippen LogP contribution is -2.50. The van der Waals surface area contributed by atoms with Crippen molar-refractivity contribution in [1.29, 1.82) is 0 Å². The Kier molecular flexibility index (Phi) is 14.3. The molecule has 33 heavy (non-hydrogen) atoms. The number of rotatable bonds is 19. The molecule has 0 saturated carbocycles. The van der Waals surface area contributed by atoms with Gasteiger partial charge in [0, 0.05) is 6.42 Å². The third kappa shape index (κ3) is 10.4. The van der Waals surface area contributed by atoms with Gasteiger partial charge in [-0.2, -0.15) is 0 Å². The fourth-order valence-corrected chi connectivity index (χ4v) is 4.93. The SMILES string of the molecule is CCCCCCCCCCCCCCCCCC(=O)OCCN1C(=O)C(C)(C)N(C)C1(C)C. The van der Waals surface area contributed by atoms with Crippen molar-refractivity contribution in [3.8, 4) is 0 Å². The maximum atomic E-state index is 12.7. The first kappa shape index (κ1) is 29.9. The third-order valence-electron chi connectivity index (χ3n) is 7.65. The molecule has 0 N–H and O–H groups in total. The van der Waals surface area contributed by atoms with Crippen LogP contribution in [0, 0.1) is 0 Å². The van der Waals surface area contributed by atoms with E-state index >= 15 is 0 Å². The highest BCUT2D eigenvalue weighted by molar-refractivity contribution is 5.88. The zero-order valence-corrected chi connectivity index (χ0v) is 22.8. The van der Waals surface area contributed by atoms with Gasteiger partial charge in [0.05, 0.1) is 17.7 Å². The van der Waals surface area contributed by atoms with Crippen molar-refractivity contribution in [2.75, 3.05) is 20.2 Å². The molecule has 1 heterocycles. The third-order valence-corrected chi connectivity index (χ3v) is 7.65. The van der Waals surface area contributed by atoms with Gasteiger partial charge in [0.15, 0.2) is 0 Å². The number of esters is 1. The summed E-state index contributed by atoms with van der Waals surface area (Å²) in [4.78, 5) is 28.7. The molecule has 0 aliphatic carbocycles. The molecule has 5 nitrogen and oxygen atoms in total. The molecule has 0 aromatic carbocycles. The largest absolute Gasteiger partial charge is 0.464 e. The van der Waals surface area contributed by atoms with Crippen LogP contribution in [-0.4, -0.2) is 53.1 Å². The number of unbranched alkanes of at least 4 members (excludes halogenated alkanes) is 14. The van der Waals surface area contributed by atoms with Gasteiger partial charge in [-0.15, -0.1) is 0 Å². The predicted molar refractivity (Wildman–Crippen MR) is 138 cm³/mol. The Balaban J connectivity index is 1.95. The van der Waals surface area contributed by atoms with Crippen LogP contribution in [0.25, 0.3) is 0 Å². The summed E-state index contributed by atoms with van der Waals surface area (Å²) in [5.74, 6) is -0.0461. The second-order valence-corrected chi connectivity index (χ2v) is 11.0. The Bertz CT molecular complexity index is 559. The quantitative estimate of drug-likeness (QED) is 0.151. The molecule has 5 heteroatoms. The summed E-state index contributed by atoms with van der Waals surface area (Å²) in [6, 6.07) is 0. The van der Waals surface area contributed by atoms with E-state index in [0.29, 0.717) is 13.0 Å². The lowest BCUT2D eigenvalue weighted by molar-refractivity contribution is -0.146. The Morgan fingerprint density at radius 2 is 1.18 bits per heavy atom. The maximum Gasteiger partial charge on any atom is 0.305 e. The van der Waals surface area contributed by atoms with Crippen LogP contribution in [0.3, 0.4) is 0 Å². The van der Waals surface area contributed by atoms with Crippen LogP contribution in [-0.2, 0) is 14.3 Å². The van der Waals surface area contributed by atoms with E-state index in [1.165, 1.54) is 83.5 Å². The molecule has 1 aliphatic rings. The number of amides is 1. The van der Waals surface area contributed by atoms with Crippen LogP contribution >= 0.6 is 0 Å². The number of likely N-dealkylation sites (N-methyl/N-ethyl adjacent to an activating group) is 1. The van der Waals surface area contributed by atoms with Gasteiger partial charge >= 0.3 is 5.97 Å². The van der Waals surface area contributed by atoms with Crippen molar-refractivity contribution in [1.82, 2.24) is 9.80 Å². The van der Waals surface area contributed by atoms with E-state index in [4.69, 9.17) is 4.74 Å². The lowest BCUT2D eigenvalue weighted by atomic mass is 10.0. The minimum Gasteiger partial charge on any atom is -0.464 e. The van der Waals surface area contributed by atoms with Crippen molar-refractivity contribution in [2.45, 2.75) is 149 Å². The van der Waals surface area contributed by atoms with E-state index in [0.717, 1.165) is 12.8 Å². The molecule has 0 atom stereocenters. The molecule has 0 bridgehead atoms. The maximum absolute atomic E-state index is 12.7. The normalized spacial score (nSPS) is 17.6. The van der Waals surface area contributed by atoms with Gasteiger partial charge < -0.3 is 9.64 Å². The molecule has 0 unspecified atom stereocenters. The monoisotopic (exact) mass is 466 g/mol. The number of hydrogen-bond acceptors (Lipinski definition) is 4. The fraction of sp³-hybridized carbons (Fsp3) is 0.929. The first-order chi connectivity index (χ1) is 15.7. The van der Waals surface area contributed by atoms with E-state index in [-0.39, 0.29) is 24.1 Å². The molecule has 1 rings (SSSR count). The molecule has 194 valence electrons. The zero-order valence-electron chi connectivity index (χ0n) is 22.8. The molecule has 1 amide bonds. The molecular formula is C28H54N2O3. The molecule has 0 aromatic rings. The number of hydrogen-bond donors (Lipinski definition) is 0. The van der Waals surface area contributed by atoms with E-state index in [1.807, 2.05) is 39.6 Å². The molecule has 0 spiro atoms. The van der Waals surface area contributed by atoms with Crippen molar-refractivity contribution < 1.29 is 14.3 Å². The van der Waals surface area contributed by atoms with Gasteiger partial charge in [-0.25, -0.2) is 0 Å². The van der Waals surface area contributed by atoms with E-state index in [1.54, 1.807) is 0 Å². The summed E-state index contributed by atoms with van der Waals surface area (Å²) in [5.41, 5.74) is -0.900. The summed E-state index contributed by atoms with van der Waals surface area (Å²) in [5, 5.41) is 0. The fourth-order valence-electron chi connectivity index (χ4n) is 4.93. The topological polar surface area (TPSA) is 49.9 Å². The molecule has 1 aliphatic heterocycles. The average molecular weight is 467 g/mol. The Labute approximate surface area is 205 Å². The van der Waals surface area contributed by atoms with Gasteiger partial charge in [0.1, 0.15) is 6.61 Å². The number of ether oxygens (including phenoxy) is 1. The molecule has 0 radical (unpaired) electrons. The van der Waals surface area contributed by atoms with Gasteiger partial charge in [-0.1, -0.05) is 96.8 Å². The zero-order chi connectivity index (χ0) is 24.7. The number of nitrogens with zero attached hydrogens (tertiary/aromatic N) is 2. The van der Waals surface area contributed by atoms with E-state index in [2.05, 4.69) is 11.8 Å². The van der Waals surface area contributed by atoms with Crippen molar-refractivity contribution >= 4 is 11.9 Å². The van der Waals surface area contributed by atoms with Gasteiger partial charge in [-0.3, -0.25) is 14.5 Å². The van der Waals surface area contributed by atoms with Crippen molar-refractivity contribution in [2.24, 2.45) is 0 Å². The van der Waals surface area contributed by atoms with Gasteiger partial charge in [0.2, 0.25) is 5.91 Å². The second kappa shape index (κ2) is 15.7. The first-order valence-electron chi connectivity index (χ1n) is 13.9. The molecule has 1 saturated heterocycles. The van der Waals surface area contributed by atoms with Gasteiger partial charge in [0.25, 0.3) is 0 Å². The number of carbonyl (C=O) groups is 2. The average Bonchev–Trinajstić information content (AvgIpc) is 2.88. The molecule has 0 aromatic heterocycles. The highest BCUT2D eigenvalue weighted by atomic mass is 16.5. The standard InChI is InChI=1S/C28H54N2O3/c1-7-8-9-10-11-12-13-14-15-16-17-18-19-20-21-22-25(31)33-24-23-30-26(32)27(2,3)29(6)28(30,4)5/h7-24H2,1-6H3. The van der Waals surface area contributed by atoms with Crippen molar-refractivity contribution in [3.05, 3.63) is 0 Å². The lowest BCUT2D eigenvalue weighted by Gasteiger charge is -2.37. The Morgan fingerprint density at radius 3 is 1.58 bits per heavy atom. The van der Waals surface area contributed by atoms with Crippen LogP contribution in [0.5, 0.6) is 0 Å². The molecular weight excluding hydrogens is 412 g/mol. The van der Waals surface area contributed by atoms with Crippen LogP contribution in [0.15, 0.2) is 0 Å². The summed E-state index contributed by atoms with van der Waals surface area (Å²) in [6.07, 6.45) is 20.3. The highest BCUT2D eigenvalue weighted by Crippen LogP contribution is 2.36. The first-order valence-corrected chi connectivity index (χ1v) is 13.9. The van der Waals surface area contributed by atoms with Crippen LogP contribution in [0.1, 0.15) is 137 Å². The van der Waals surface area contributed by atoms with Gasteiger partial charge in [-0.05, 0) is 41.2 Å². The minimum absolute atomic E-state index is 0.0912. The Hall–Kier alpha value is -1.10.